The van der Waals surface area contributed by atoms with Gasteiger partial charge in [0.15, 0.2) is 5.76 Å². The average molecular weight is 480 g/mol. The number of rotatable bonds is 8. The van der Waals surface area contributed by atoms with Crippen LogP contribution in [0.25, 0.3) is 0 Å². The predicted molar refractivity (Wildman–Crippen MR) is 130 cm³/mol. The molecule has 7 nitrogen and oxygen atoms in total. The third kappa shape index (κ3) is 5.66. The number of amides is 3. The van der Waals surface area contributed by atoms with Gasteiger partial charge in [-0.1, -0.05) is 54.8 Å². The summed E-state index contributed by atoms with van der Waals surface area (Å²) in [4.78, 5) is 40.9. The second-order valence-corrected chi connectivity index (χ2v) is 8.64. The van der Waals surface area contributed by atoms with Gasteiger partial charge in [-0.15, -0.1) is 0 Å². The first kappa shape index (κ1) is 23.6. The molecule has 0 aliphatic heterocycles. The third-order valence-corrected chi connectivity index (χ3v) is 6.09. The van der Waals surface area contributed by atoms with Crippen molar-refractivity contribution in [2.24, 2.45) is 0 Å². The van der Waals surface area contributed by atoms with Crippen LogP contribution in [0.2, 0.25) is 5.02 Å². The first-order chi connectivity index (χ1) is 16.5. The lowest BCUT2D eigenvalue weighted by atomic mass is 10.0. The summed E-state index contributed by atoms with van der Waals surface area (Å²) in [6, 6.07) is 18.1. The van der Waals surface area contributed by atoms with E-state index in [0.29, 0.717) is 16.3 Å². The van der Waals surface area contributed by atoms with Crippen molar-refractivity contribution in [3.05, 3.63) is 89.3 Å². The minimum Gasteiger partial charge on any atom is -0.459 e. The molecule has 1 heterocycles. The Labute approximate surface area is 203 Å². The predicted octanol–water partition coefficient (Wildman–Crippen LogP) is 4.50. The van der Waals surface area contributed by atoms with Crippen LogP contribution in [0.3, 0.4) is 0 Å². The first-order valence-corrected chi connectivity index (χ1v) is 11.7. The minimum atomic E-state index is -0.937. The van der Waals surface area contributed by atoms with Gasteiger partial charge < -0.3 is 15.1 Å². The monoisotopic (exact) mass is 479 g/mol. The van der Waals surface area contributed by atoms with Gasteiger partial charge in [0, 0.05) is 16.8 Å². The SMILES string of the molecule is O=C(NCC(=O)N(c1ccccc1)[C@@H](C(=O)NC1CCCC1)c1ccc(Cl)cc1)c1ccco1. The number of halogens is 1. The minimum absolute atomic E-state index is 0.0775. The second-order valence-electron chi connectivity index (χ2n) is 8.20. The number of nitrogens with one attached hydrogen (secondary N) is 2. The van der Waals surface area contributed by atoms with E-state index in [-0.39, 0.29) is 24.3 Å². The largest absolute Gasteiger partial charge is 0.459 e. The van der Waals surface area contributed by atoms with Crippen LogP contribution in [0.1, 0.15) is 47.8 Å². The highest BCUT2D eigenvalue weighted by Crippen LogP contribution is 2.30. The summed E-state index contributed by atoms with van der Waals surface area (Å²) in [7, 11) is 0. The van der Waals surface area contributed by atoms with Crippen molar-refractivity contribution in [3.63, 3.8) is 0 Å². The lowest BCUT2D eigenvalue weighted by molar-refractivity contribution is -0.126. The maximum Gasteiger partial charge on any atom is 0.287 e. The molecule has 0 unspecified atom stereocenters. The van der Waals surface area contributed by atoms with Crippen molar-refractivity contribution >= 4 is 35.0 Å². The molecule has 0 bridgehead atoms. The maximum absolute atomic E-state index is 13.6. The van der Waals surface area contributed by atoms with E-state index >= 15 is 0 Å². The van der Waals surface area contributed by atoms with Crippen LogP contribution in [-0.2, 0) is 9.59 Å². The van der Waals surface area contributed by atoms with Crippen LogP contribution < -0.4 is 15.5 Å². The Balaban J connectivity index is 1.65. The highest BCUT2D eigenvalue weighted by molar-refractivity contribution is 6.30. The summed E-state index contributed by atoms with van der Waals surface area (Å²) in [6.07, 6.45) is 5.35. The molecule has 176 valence electrons. The van der Waals surface area contributed by atoms with Crippen LogP contribution in [-0.4, -0.2) is 30.3 Å². The number of carbonyl (C=O) groups is 3. The van der Waals surface area contributed by atoms with Gasteiger partial charge in [-0.3, -0.25) is 19.3 Å². The third-order valence-electron chi connectivity index (χ3n) is 5.84. The van der Waals surface area contributed by atoms with E-state index in [9.17, 15) is 14.4 Å². The number of hydrogen-bond donors (Lipinski definition) is 2. The quantitative estimate of drug-likeness (QED) is 0.497. The molecule has 3 aromatic rings. The van der Waals surface area contributed by atoms with Gasteiger partial charge in [0.05, 0.1) is 12.8 Å². The molecule has 0 saturated heterocycles. The summed E-state index contributed by atoms with van der Waals surface area (Å²) in [6.45, 7) is -0.310. The van der Waals surface area contributed by atoms with E-state index < -0.39 is 17.9 Å². The van der Waals surface area contributed by atoms with E-state index in [1.54, 1.807) is 54.6 Å². The van der Waals surface area contributed by atoms with Gasteiger partial charge in [0.2, 0.25) is 11.8 Å². The van der Waals surface area contributed by atoms with Gasteiger partial charge in [-0.05, 0) is 54.8 Å². The summed E-state index contributed by atoms with van der Waals surface area (Å²) in [5.41, 5.74) is 1.16. The molecule has 1 aliphatic carbocycles. The molecule has 1 aliphatic rings. The van der Waals surface area contributed by atoms with Crippen molar-refractivity contribution < 1.29 is 18.8 Å². The van der Waals surface area contributed by atoms with Gasteiger partial charge >= 0.3 is 0 Å². The van der Waals surface area contributed by atoms with Crippen molar-refractivity contribution in [1.29, 1.82) is 0 Å². The number of hydrogen-bond acceptors (Lipinski definition) is 4. The van der Waals surface area contributed by atoms with Crippen molar-refractivity contribution in [1.82, 2.24) is 10.6 Å². The highest BCUT2D eigenvalue weighted by atomic mass is 35.5. The topological polar surface area (TPSA) is 91.7 Å². The zero-order chi connectivity index (χ0) is 23.9. The molecule has 1 aromatic heterocycles. The Hall–Kier alpha value is -3.58. The van der Waals surface area contributed by atoms with Crippen LogP contribution in [0.4, 0.5) is 5.69 Å². The summed E-state index contributed by atoms with van der Waals surface area (Å²) in [5, 5.41) is 6.23. The number of anilines is 1. The van der Waals surface area contributed by atoms with Crippen LogP contribution >= 0.6 is 11.6 Å². The Kier molecular flexibility index (Phi) is 7.65. The maximum atomic E-state index is 13.6. The summed E-state index contributed by atoms with van der Waals surface area (Å²) < 4.78 is 5.10. The molecule has 1 saturated carbocycles. The van der Waals surface area contributed by atoms with Crippen LogP contribution in [0.5, 0.6) is 0 Å². The van der Waals surface area contributed by atoms with E-state index in [4.69, 9.17) is 16.0 Å². The Morgan fingerprint density at radius 3 is 2.32 bits per heavy atom. The van der Waals surface area contributed by atoms with Crippen LogP contribution in [0, 0.1) is 0 Å². The lowest BCUT2D eigenvalue weighted by Gasteiger charge is -2.32. The number of benzene rings is 2. The van der Waals surface area contributed by atoms with Gasteiger partial charge in [0.1, 0.15) is 6.04 Å². The van der Waals surface area contributed by atoms with Crippen molar-refractivity contribution in [2.45, 2.75) is 37.8 Å². The fraction of sp³-hybridized carbons (Fsp3) is 0.269. The van der Waals surface area contributed by atoms with E-state index in [1.165, 1.54) is 17.2 Å². The van der Waals surface area contributed by atoms with Crippen LogP contribution in [0.15, 0.2) is 77.4 Å². The molecule has 0 radical (unpaired) electrons. The van der Waals surface area contributed by atoms with Crippen molar-refractivity contribution in [3.8, 4) is 0 Å². The summed E-state index contributed by atoms with van der Waals surface area (Å²) >= 11 is 6.09. The Bertz CT molecular complexity index is 1110. The molecule has 3 amide bonds. The fourth-order valence-electron chi connectivity index (χ4n) is 4.17. The molecule has 2 aromatic carbocycles. The highest BCUT2D eigenvalue weighted by Gasteiger charge is 2.34. The molecule has 0 spiro atoms. The molecule has 34 heavy (non-hydrogen) atoms. The molecule has 1 atom stereocenters. The number of nitrogens with zero attached hydrogens (tertiary/aromatic N) is 1. The zero-order valence-corrected chi connectivity index (χ0v) is 19.3. The number of carbonyl (C=O) groups excluding carboxylic acids is 3. The smallest absolute Gasteiger partial charge is 0.287 e. The lowest BCUT2D eigenvalue weighted by Crippen LogP contribution is -2.49. The standard InChI is InChI=1S/C26H26ClN3O4/c27-19-14-12-18(13-15-19)24(26(33)29-20-7-4-5-8-20)30(21-9-2-1-3-10-21)23(31)17-28-25(32)22-11-6-16-34-22/h1-3,6,9-16,20,24H,4-5,7-8,17H2,(H,28,32)(H,29,33)/t24-/m1/s1. The Morgan fingerprint density at radius 2 is 1.68 bits per heavy atom. The van der Waals surface area contributed by atoms with Gasteiger partial charge in [-0.25, -0.2) is 0 Å². The normalized spacial score (nSPS) is 14.4. The number of furan rings is 1. The molecule has 2 N–H and O–H groups in total. The first-order valence-electron chi connectivity index (χ1n) is 11.3. The Morgan fingerprint density at radius 1 is 0.971 bits per heavy atom. The molecule has 4 rings (SSSR count). The zero-order valence-electron chi connectivity index (χ0n) is 18.6. The van der Waals surface area contributed by atoms with E-state index in [2.05, 4.69) is 10.6 Å². The molecule has 8 heteroatoms. The van der Waals surface area contributed by atoms with E-state index in [1.807, 2.05) is 6.07 Å². The second kappa shape index (κ2) is 11.0. The average Bonchev–Trinajstić information content (AvgIpc) is 3.57. The molecular weight excluding hydrogens is 454 g/mol. The number of para-hydroxylation sites is 1. The fourth-order valence-corrected chi connectivity index (χ4v) is 4.30. The molecular formula is C26H26ClN3O4. The molecule has 1 fully saturated rings. The van der Waals surface area contributed by atoms with Gasteiger partial charge in [-0.2, -0.15) is 0 Å². The van der Waals surface area contributed by atoms with Crippen molar-refractivity contribution in [2.75, 3.05) is 11.4 Å². The summed E-state index contributed by atoms with van der Waals surface area (Å²) in [5.74, 6) is -1.12. The van der Waals surface area contributed by atoms with E-state index in [0.717, 1.165) is 25.7 Å². The van der Waals surface area contributed by atoms with Gasteiger partial charge in [0.25, 0.3) is 5.91 Å².